The molecule has 1 rings (SSSR count). The van der Waals surface area contributed by atoms with E-state index < -0.39 is 0 Å². The van der Waals surface area contributed by atoms with Crippen molar-refractivity contribution in [2.24, 2.45) is 5.92 Å². The molecule has 0 amide bonds. The van der Waals surface area contributed by atoms with Crippen LogP contribution in [0.1, 0.15) is 6.92 Å². The number of aromatic amines is 1. The molecule has 0 fully saturated rings. The fourth-order valence-corrected chi connectivity index (χ4v) is 1.37. The van der Waals surface area contributed by atoms with E-state index in [1.54, 1.807) is 11.7 Å². The molecule has 1 unspecified atom stereocenters. The molecule has 0 saturated carbocycles. The maximum absolute atomic E-state index is 5.60. The number of anilines is 1. The van der Waals surface area contributed by atoms with Crippen molar-refractivity contribution in [2.45, 2.75) is 13.5 Å². The average molecular weight is 202 g/mol. The molecule has 1 atom stereocenters. The molecule has 5 nitrogen and oxygen atoms in total. The minimum Gasteiger partial charge on any atom is -0.384 e. The highest BCUT2D eigenvalue weighted by atomic mass is 32.1. The van der Waals surface area contributed by atoms with Gasteiger partial charge in [0.05, 0.1) is 6.61 Å². The van der Waals surface area contributed by atoms with Crippen molar-refractivity contribution >= 4 is 18.2 Å². The van der Waals surface area contributed by atoms with Gasteiger partial charge in [-0.15, -0.1) is 5.10 Å². The number of aromatic nitrogens is 3. The quantitative estimate of drug-likeness (QED) is 0.709. The van der Waals surface area contributed by atoms with E-state index in [0.717, 1.165) is 6.54 Å². The molecule has 3 N–H and O–H groups in total. The fourth-order valence-electron chi connectivity index (χ4n) is 1.16. The van der Waals surface area contributed by atoms with E-state index in [2.05, 4.69) is 17.1 Å². The Balaban J connectivity index is 2.68. The van der Waals surface area contributed by atoms with Crippen molar-refractivity contribution in [3.8, 4) is 0 Å². The fraction of sp³-hybridized carbons (Fsp3) is 0.714. The number of hydrogen-bond donors (Lipinski definition) is 2. The van der Waals surface area contributed by atoms with Crippen LogP contribution >= 0.6 is 12.2 Å². The van der Waals surface area contributed by atoms with Gasteiger partial charge in [0.15, 0.2) is 4.77 Å². The van der Waals surface area contributed by atoms with E-state index in [1.807, 2.05) is 0 Å². The van der Waals surface area contributed by atoms with Gasteiger partial charge in [-0.25, -0.2) is 5.10 Å². The summed E-state index contributed by atoms with van der Waals surface area (Å²) in [4.78, 5) is 0. The van der Waals surface area contributed by atoms with Gasteiger partial charge in [0.1, 0.15) is 0 Å². The summed E-state index contributed by atoms with van der Waals surface area (Å²) in [6.07, 6.45) is 0. The molecule has 0 aromatic carbocycles. The van der Waals surface area contributed by atoms with E-state index in [4.69, 9.17) is 22.7 Å². The zero-order chi connectivity index (χ0) is 9.84. The number of methoxy groups -OCH3 is 1. The van der Waals surface area contributed by atoms with E-state index in [0.29, 0.717) is 23.2 Å². The van der Waals surface area contributed by atoms with Crippen molar-refractivity contribution in [3.05, 3.63) is 4.77 Å². The Hall–Kier alpha value is -0.880. The third kappa shape index (κ3) is 2.53. The van der Waals surface area contributed by atoms with Crippen molar-refractivity contribution < 1.29 is 4.74 Å². The topological polar surface area (TPSA) is 68.9 Å². The molecule has 0 spiro atoms. The number of ether oxygens (including phenoxy) is 1. The summed E-state index contributed by atoms with van der Waals surface area (Å²) in [7, 11) is 1.68. The molecule has 1 aromatic rings. The van der Waals surface area contributed by atoms with Crippen LogP contribution in [0.15, 0.2) is 0 Å². The molecule has 0 saturated heterocycles. The molecular formula is C7H14N4OS. The predicted molar refractivity (Wildman–Crippen MR) is 52.9 cm³/mol. The highest BCUT2D eigenvalue weighted by Crippen LogP contribution is 2.05. The first-order chi connectivity index (χ1) is 6.15. The Morgan fingerprint density at radius 3 is 2.92 bits per heavy atom. The first-order valence-corrected chi connectivity index (χ1v) is 4.45. The lowest BCUT2D eigenvalue weighted by molar-refractivity contribution is 0.151. The first-order valence-electron chi connectivity index (χ1n) is 4.04. The van der Waals surface area contributed by atoms with Crippen LogP contribution in [0.4, 0.5) is 5.95 Å². The standard InChI is InChI=1S/C7H14N4OS/c1-5(4-12-2)3-11-6(8)9-10-7(11)13/h5H,3-4H2,1-2H3,(H2,8,9)(H,10,13). The van der Waals surface area contributed by atoms with E-state index in [-0.39, 0.29) is 0 Å². The lowest BCUT2D eigenvalue weighted by Crippen LogP contribution is -2.14. The molecular weight excluding hydrogens is 188 g/mol. The lowest BCUT2D eigenvalue weighted by Gasteiger charge is -2.10. The number of nitrogens with one attached hydrogen (secondary N) is 1. The Bertz CT molecular complexity index is 319. The second-order valence-corrected chi connectivity index (χ2v) is 3.44. The molecule has 0 aliphatic heterocycles. The second kappa shape index (κ2) is 4.38. The molecule has 0 bridgehead atoms. The first kappa shape index (κ1) is 10.2. The van der Waals surface area contributed by atoms with Crippen LogP contribution < -0.4 is 5.73 Å². The molecule has 6 heteroatoms. The third-order valence-electron chi connectivity index (χ3n) is 1.73. The summed E-state index contributed by atoms with van der Waals surface area (Å²) in [6, 6.07) is 0. The molecule has 1 aromatic heterocycles. The van der Waals surface area contributed by atoms with Gasteiger partial charge in [-0.1, -0.05) is 6.92 Å². The molecule has 0 radical (unpaired) electrons. The monoisotopic (exact) mass is 202 g/mol. The Kier molecular flexibility index (Phi) is 3.44. The van der Waals surface area contributed by atoms with Crippen LogP contribution in [-0.4, -0.2) is 28.5 Å². The minimum absolute atomic E-state index is 0.372. The smallest absolute Gasteiger partial charge is 0.220 e. The zero-order valence-corrected chi connectivity index (χ0v) is 8.60. The van der Waals surface area contributed by atoms with Gasteiger partial charge in [0.25, 0.3) is 0 Å². The highest BCUT2D eigenvalue weighted by molar-refractivity contribution is 7.71. The third-order valence-corrected chi connectivity index (χ3v) is 2.04. The van der Waals surface area contributed by atoms with Gasteiger partial charge in [-0.2, -0.15) is 0 Å². The van der Waals surface area contributed by atoms with Crippen LogP contribution in [0.3, 0.4) is 0 Å². The van der Waals surface area contributed by atoms with Crippen LogP contribution in [0.5, 0.6) is 0 Å². The number of hydrogen-bond acceptors (Lipinski definition) is 4. The van der Waals surface area contributed by atoms with Gasteiger partial charge in [-0.05, 0) is 18.1 Å². The molecule has 13 heavy (non-hydrogen) atoms. The highest BCUT2D eigenvalue weighted by Gasteiger charge is 2.06. The van der Waals surface area contributed by atoms with Gasteiger partial charge in [0, 0.05) is 13.7 Å². The molecule has 1 heterocycles. The maximum atomic E-state index is 5.60. The van der Waals surface area contributed by atoms with E-state index in [9.17, 15) is 0 Å². The maximum Gasteiger partial charge on any atom is 0.220 e. The minimum atomic E-state index is 0.372. The summed E-state index contributed by atoms with van der Waals surface area (Å²) in [6.45, 7) is 3.49. The van der Waals surface area contributed by atoms with Crippen LogP contribution in [0, 0.1) is 10.7 Å². The van der Waals surface area contributed by atoms with Crippen LogP contribution in [-0.2, 0) is 11.3 Å². The Morgan fingerprint density at radius 2 is 2.46 bits per heavy atom. The van der Waals surface area contributed by atoms with Gasteiger partial charge in [0.2, 0.25) is 5.95 Å². The number of rotatable bonds is 4. The Morgan fingerprint density at radius 1 is 1.77 bits per heavy atom. The van der Waals surface area contributed by atoms with Crippen molar-refractivity contribution in [1.82, 2.24) is 14.8 Å². The Labute approximate surface area is 81.9 Å². The summed E-state index contributed by atoms with van der Waals surface area (Å²) in [5.74, 6) is 0.796. The summed E-state index contributed by atoms with van der Waals surface area (Å²) in [5, 5.41) is 6.45. The van der Waals surface area contributed by atoms with Gasteiger partial charge < -0.3 is 10.5 Å². The SMILES string of the molecule is COCC(C)Cn1c(N)n[nH]c1=S. The van der Waals surface area contributed by atoms with E-state index >= 15 is 0 Å². The van der Waals surface area contributed by atoms with Crippen LogP contribution in [0.2, 0.25) is 0 Å². The number of nitrogen functional groups attached to an aromatic ring is 1. The molecule has 0 aliphatic rings. The number of nitrogens with zero attached hydrogens (tertiary/aromatic N) is 2. The molecule has 74 valence electrons. The van der Waals surface area contributed by atoms with Crippen molar-refractivity contribution in [2.75, 3.05) is 19.5 Å². The van der Waals surface area contributed by atoms with Crippen molar-refractivity contribution in [1.29, 1.82) is 0 Å². The number of nitrogens with two attached hydrogens (primary N) is 1. The second-order valence-electron chi connectivity index (χ2n) is 3.06. The molecule has 0 aliphatic carbocycles. The summed E-state index contributed by atoms with van der Waals surface area (Å²) in [5.41, 5.74) is 5.60. The lowest BCUT2D eigenvalue weighted by atomic mass is 10.2. The van der Waals surface area contributed by atoms with Crippen LogP contribution in [0.25, 0.3) is 0 Å². The summed E-state index contributed by atoms with van der Waals surface area (Å²) < 4.78 is 7.33. The zero-order valence-electron chi connectivity index (χ0n) is 7.78. The largest absolute Gasteiger partial charge is 0.384 e. The van der Waals surface area contributed by atoms with Crippen molar-refractivity contribution in [3.63, 3.8) is 0 Å². The number of H-pyrrole nitrogens is 1. The normalized spacial score (nSPS) is 13.1. The average Bonchev–Trinajstić information content (AvgIpc) is 2.36. The van der Waals surface area contributed by atoms with E-state index in [1.165, 1.54) is 0 Å². The predicted octanol–water partition coefficient (Wildman–Crippen LogP) is 0.805. The summed E-state index contributed by atoms with van der Waals surface area (Å²) >= 11 is 5.00. The van der Waals surface area contributed by atoms with Gasteiger partial charge >= 0.3 is 0 Å². The van der Waals surface area contributed by atoms with Gasteiger partial charge in [-0.3, -0.25) is 4.57 Å².